The third kappa shape index (κ3) is 4.49. The zero-order valence-corrected chi connectivity index (χ0v) is 15.6. The van der Waals surface area contributed by atoms with E-state index >= 15 is 0 Å². The summed E-state index contributed by atoms with van der Waals surface area (Å²) < 4.78 is 23.8. The molecule has 7 heteroatoms. The number of allylic oxidation sites excluding steroid dienone is 1. The van der Waals surface area contributed by atoms with Gasteiger partial charge in [0.25, 0.3) is 0 Å². The normalized spacial score (nSPS) is 16.2. The van der Waals surface area contributed by atoms with E-state index in [9.17, 15) is 14.0 Å². The van der Waals surface area contributed by atoms with E-state index in [4.69, 9.17) is 9.47 Å². The van der Waals surface area contributed by atoms with Crippen LogP contribution < -0.4 is 15.4 Å². The molecule has 0 aromatic heterocycles. The number of carbonyl (C=O) groups excluding carboxylic acids is 2. The molecular weight excluding hydrogens is 363 g/mol. The number of halogens is 1. The molecule has 3 rings (SSSR count). The lowest BCUT2D eigenvalue weighted by atomic mass is 9.95. The Hall–Kier alpha value is -3.35. The second kappa shape index (κ2) is 8.56. The molecule has 0 aliphatic carbocycles. The van der Waals surface area contributed by atoms with Crippen molar-refractivity contribution in [2.45, 2.75) is 26.5 Å². The van der Waals surface area contributed by atoms with E-state index in [1.165, 1.54) is 12.1 Å². The molecule has 0 radical (unpaired) electrons. The van der Waals surface area contributed by atoms with Gasteiger partial charge in [0.15, 0.2) is 0 Å². The maximum Gasteiger partial charge on any atom is 0.338 e. The van der Waals surface area contributed by atoms with Gasteiger partial charge in [-0.2, -0.15) is 0 Å². The maximum atomic E-state index is 13.0. The number of urea groups is 1. The molecule has 146 valence electrons. The van der Waals surface area contributed by atoms with E-state index in [0.717, 1.165) is 11.1 Å². The highest BCUT2D eigenvalue weighted by Gasteiger charge is 2.32. The number of esters is 1. The van der Waals surface area contributed by atoms with Crippen LogP contribution in [0.15, 0.2) is 59.8 Å². The molecule has 2 N–H and O–H groups in total. The molecule has 1 heterocycles. The van der Waals surface area contributed by atoms with Crippen LogP contribution in [0.2, 0.25) is 0 Å². The molecule has 0 spiro atoms. The summed E-state index contributed by atoms with van der Waals surface area (Å²) in [6, 6.07) is 12.2. The van der Waals surface area contributed by atoms with E-state index in [2.05, 4.69) is 10.6 Å². The van der Waals surface area contributed by atoms with Crippen LogP contribution in [0.5, 0.6) is 5.75 Å². The number of benzene rings is 2. The Bertz CT molecular complexity index is 892. The Labute approximate surface area is 162 Å². The van der Waals surface area contributed by atoms with Gasteiger partial charge in [0.05, 0.1) is 18.2 Å². The Kier molecular flexibility index (Phi) is 5.93. The molecule has 0 saturated carbocycles. The Morgan fingerprint density at radius 2 is 1.79 bits per heavy atom. The van der Waals surface area contributed by atoms with E-state index in [1.807, 2.05) is 0 Å². The van der Waals surface area contributed by atoms with Crippen molar-refractivity contribution in [1.82, 2.24) is 10.6 Å². The first-order valence-electron chi connectivity index (χ1n) is 8.90. The van der Waals surface area contributed by atoms with Crippen LogP contribution in [0.25, 0.3) is 0 Å². The Morgan fingerprint density at radius 3 is 2.43 bits per heavy atom. The van der Waals surface area contributed by atoms with Crippen LogP contribution in [0.1, 0.15) is 31.0 Å². The number of amides is 2. The molecule has 1 aliphatic rings. The third-order valence-electron chi connectivity index (χ3n) is 4.30. The molecule has 6 nitrogen and oxygen atoms in total. The first-order valence-corrected chi connectivity index (χ1v) is 8.90. The first kappa shape index (κ1) is 19.4. The van der Waals surface area contributed by atoms with Crippen LogP contribution in [-0.2, 0) is 16.1 Å². The van der Waals surface area contributed by atoms with Crippen molar-refractivity contribution in [3.63, 3.8) is 0 Å². The topological polar surface area (TPSA) is 76.7 Å². The van der Waals surface area contributed by atoms with E-state index in [0.29, 0.717) is 23.6 Å². The van der Waals surface area contributed by atoms with Crippen LogP contribution in [0.3, 0.4) is 0 Å². The highest BCUT2D eigenvalue weighted by atomic mass is 19.1. The summed E-state index contributed by atoms with van der Waals surface area (Å²) in [4.78, 5) is 24.2. The predicted octanol–water partition coefficient (Wildman–Crippen LogP) is 3.60. The zero-order chi connectivity index (χ0) is 20.1. The Morgan fingerprint density at radius 1 is 1.11 bits per heavy atom. The molecule has 1 aliphatic heterocycles. The van der Waals surface area contributed by atoms with Gasteiger partial charge in [-0.15, -0.1) is 0 Å². The Balaban J connectivity index is 1.75. The van der Waals surface area contributed by atoms with Crippen molar-refractivity contribution in [2.24, 2.45) is 0 Å². The van der Waals surface area contributed by atoms with Gasteiger partial charge < -0.3 is 20.1 Å². The first-order chi connectivity index (χ1) is 13.5. The molecule has 0 saturated heterocycles. The minimum Gasteiger partial charge on any atom is -0.489 e. The summed E-state index contributed by atoms with van der Waals surface area (Å²) >= 11 is 0. The van der Waals surface area contributed by atoms with Gasteiger partial charge >= 0.3 is 12.0 Å². The molecule has 1 unspecified atom stereocenters. The molecular formula is C21H21FN2O4. The second-order valence-corrected chi connectivity index (χ2v) is 6.27. The highest BCUT2D eigenvalue weighted by molar-refractivity contribution is 5.95. The average molecular weight is 384 g/mol. The minimum absolute atomic E-state index is 0.243. The number of hydrogen-bond donors (Lipinski definition) is 2. The van der Waals surface area contributed by atoms with Gasteiger partial charge in [-0.3, -0.25) is 0 Å². The van der Waals surface area contributed by atoms with Gasteiger partial charge in [-0.1, -0.05) is 24.3 Å². The standard InChI is InChI=1S/C21H21FN2O4/c1-3-27-20(25)18-13(2)23-21(26)24-19(18)15-6-10-17(11-7-15)28-12-14-4-8-16(22)9-5-14/h4-11,19H,3,12H2,1-2H3,(H2,23,24,26). The van der Waals surface area contributed by atoms with Crippen LogP contribution in [0, 0.1) is 5.82 Å². The summed E-state index contributed by atoms with van der Waals surface area (Å²) in [6.45, 7) is 3.94. The fourth-order valence-corrected chi connectivity index (χ4v) is 2.93. The van der Waals surface area contributed by atoms with Crippen molar-refractivity contribution in [3.8, 4) is 5.75 Å². The van der Waals surface area contributed by atoms with Crippen LogP contribution in [0.4, 0.5) is 9.18 Å². The molecule has 1 atom stereocenters. The zero-order valence-electron chi connectivity index (χ0n) is 15.6. The molecule has 2 amide bonds. The fraction of sp³-hybridized carbons (Fsp3) is 0.238. The fourth-order valence-electron chi connectivity index (χ4n) is 2.93. The number of ether oxygens (including phenoxy) is 2. The molecule has 0 bridgehead atoms. The lowest BCUT2D eigenvalue weighted by Gasteiger charge is -2.28. The minimum atomic E-state index is -0.612. The summed E-state index contributed by atoms with van der Waals surface area (Å²) in [6.07, 6.45) is 0. The van der Waals surface area contributed by atoms with Crippen molar-refractivity contribution in [2.75, 3.05) is 6.61 Å². The molecule has 28 heavy (non-hydrogen) atoms. The largest absolute Gasteiger partial charge is 0.489 e. The molecule has 0 fully saturated rings. The monoisotopic (exact) mass is 384 g/mol. The number of nitrogens with one attached hydrogen (secondary N) is 2. The van der Waals surface area contributed by atoms with Gasteiger partial charge in [0, 0.05) is 5.70 Å². The van der Waals surface area contributed by atoms with Crippen LogP contribution in [-0.4, -0.2) is 18.6 Å². The van der Waals surface area contributed by atoms with E-state index in [1.54, 1.807) is 50.2 Å². The van der Waals surface area contributed by atoms with Gasteiger partial charge in [-0.05, 0) is 49.2 Å². The summed E-state index contributed by atoms with van der Waals surface area (Å²) in [5.74, 6) is -0.154. The lowest BCUT2D eigenvalue weighted by molar-refractivity contribution is -0.139. The van der Waals surface area contributed by atoms with Gasteiger partial charge in [0.2, 0.25) is 0 Å². The number of hydrogen-bond acceptors (Lipinski definition) is 4. The summed E-state index contributed by atoms with van der Waals surface area (Å²) in [5.41, 5.74) is 2.40. The predicted molar refractivity (Wildman–Crippen MR) is 101 cm³/mol. The van der Waals surface area contributed by atoms with E-state index in [-0.39, 0.29) is 18.5 Å². The summed E-state index contributed by atoms with van der Waals surface area (Å²) in [5, 5.41) is 5.35. The third-order valence-corrected chi connectivity index (χ3v) is 4.30. The SMILES string of the molecule is CCOC(=O)C1=C(C)NC(=O)NC1c1ccc(OCc2ccc(F)cc2)cc1. The highest BCUT2D eigenvalue weighted by Crippen LogP contribution is 2.29. The lowest BCUT2D eigenvalue weighted by Crippen LogP contribution is -2.45. The van der Waals surface area contributed by atoms with Gasteiger partial charge in [0.1, 0.15) is 18.2 Å². The van der Waals surface area contributed by atoms with Crippen molar-refractivity contribution >= 4 is 12.0 Å². The number of carbonyl (C=O) groups is 2. The second-order valence-electron chi connectivity index (χ2n) is 6.27. The molecule has 2 aromatic carbocycles. The summed E-state index contributed by atoms with van der Waals surface area (Å²) in [7, 11) is 0. The number of rotatable bonds is 6. The maximum absolute atomic E-state index is 13.0. The van der Waals surface area contributed by atoms with E-state index < -0.39 is 12.0 Å². The van der Waals surface area contributed by atoms with Crippen LogP contribution >= 0.6 is 0 Å². The quantitative estimate of drug-likeness (QED) is 0.746. The van der Waals surface area contributed by atoms with Crippen molar-refractivity contribution < 1.29 is 23.5 Å². The van der Waals surface area contributed by atoms with Crippen molar-refractivity contribution in [1.29, 1.82) is 0 Å². The van der Waals surface area contributed by atoms with Crippen molar-refractivity contribution in [3.05, 3.63) is 76.7 Å². The smallest absolute Gasteiger partial charge is 0.338 e. The molecule has 2 aromatic rings. The average Bonchev–Trinajstić information content (AvgIpc) is 2.67. The van der Waals surface area contributed by atoms with Gasteiger partial charge in [-0.25, -0.2) is 14.0 Å².